The molecule has 6 rings (SSSR count). The number of aromatic nitrogens is 2. The number of nitrogens with one attached hydrogen (secondary N) is 3. The van der Waals surface area contributed by atoms with Gasteiger partial charge in [-0.1, -0.05) is 18.2 Å². The summed E-state index contributed by atoms with van der Waals surface area (Å²) in [5, 5.41) is 19.8. The van der Waals surface area contributed by atoms with Gasteiger partial charge in [-0.2, -0.15) is 10.2 Å². The van der Waals surface area contributed by atoms with Crippen LogP contribution >= 0.6 is 11.8 Å². The van der Waals surface area contributed by atoms with Crippen LogP contribution in [-0.4, -0.2) is 40.5 Å². The molecule has 1 heterocycles. The van der Waals surface area contributed by atoms with Gasteiger partial charge >= 0.3 is 6.09 Å². The minimum Gasteiger partial charge on any atom is -0.444 e. The Morgan fingerprint density at radius 3 is 2.61 bits per heavy atom. The van der Waals surface area contributed by atoms with Gasteiger partial charge < -0.3 is 20.7 Å². The number of rotatable bonds is 8. The fraction of sp³-hybridized carbons (Fsp3) is 0.586. The fourth-order valence-electron chi connectivity index (χ4n) is 7.07. The first-order chi connectivity index (χ1) is 18.2. The maximum Gasteiger partial charge on any atom is 0.407 e. The largest absolute Gasteiger partial charge is 0.444 e. The molecular formula is C29H38N6O2S. The van der Waals surface area contributed by atoms with Gasteiger partial charge in [0.05, 0.1) is 6.20 Å². The van der Waals surface area contributed by atoms with Crippen molar-refractivity contribution in [1.82, 2.24) is 15.3 Å². The number of amides is 1. The van der Waals surface area contributed by atoms with Crippen LogP contribution in [0.2, 0.25) is 0 Å². The zero-order chi connectivity index (χ0) is 26.9. The maximum absolute atomic E-state index is 12.5. The lowest BCUT2D eigenvalue weighted by Gasteiger charge is -2.60. The Labute approximate surface area is 229 Å². The lowest BCUT2D eigenvalue weighted by atomic mass is 9.48. The van der Waals surface area contributed by atoms with Crippen molar-refractivity contribution >= 4 is 29.6 Å². The molecule has 8 nitrogen and oxygen atoms in total. The minimum absolute atomic E-state index is 0.158. The zero-order valence-electron chi connectivity index (χ0n) is 22.7. The molecule has 0 aliphatic heterocycles. The summed E-state index contributed by atoms with van der Waals surface area (Å²) in [6.45, 7) is 7.09. The van der Waals surface area contributed by atoms with Gasteiger partial charge in [0.1, 0.15) is 23.1 Å². The van der Waals surface area contributed by atoms with E-state index in [4.69, 9.17) is 4.74 Å². The van der Waals surface area contributed by atoms with Gasteiger partial charge in [-0.05, 0) is 93.9 Å². The van der Waals surface area contributed by atoms with Crippen molar-refractivity contribution in [2.45, 2.75) is 76.0 Å². The van der Waals surface area contributed by atoms with Crippen molar-refractivity contribution in [3.8, 4) is 6.07 Å². The number of hydrogen-bond donors (Lipinski definition) is 3. The Hall–Kier alpha value is -2.99. The predicted octanol–water partition coefficient (Wildman–Crippen LogP) is 5.81. The van der Waals surface area contributed by atoms with Crippen LogP contribution in [0, 0.1) is 34.5 Å². The maximum atomic E-state index is 12.5. The van der Waals surface area contributed by atoms with Crippen molar-refractivity contribution in [3.05, 3.63) is 41.6 Å². The first-order valence-electron chi connectivity index (χ1n) is 13.5. The van der Waals surface area contributed by atoms with E-state index in [9.17, 15) is 10.1 Å². The number of hydrogen-bond acceptors (Lipinski definition) is 8. The normalized spacial score (nSPS) is 27.4. The van der Waals surface area contributed by atoms with Gasteiger partial charge in [0.2, 0.25) is 5.95 Å². The second kappa shape index (κ2) is 10.6. The van der Waals surface area contributed by atoms with Crippen molar-refractivity contribution in [2.75, 3.05) is 23.4 Å². The Morgan fingerprint density at radius 1 is 1.18 bits per heavy atom. The van der Waals surface area contributed by atoms with Crippen molar-refractivity contribution in [2.24, 2.45) is 23.2 Å². The summed E-state index contributed by atoms with van der Waals surface area (Å²) in [4.78, 5) is 22.8. The fourth-order valence-corrected chi connectivity index (χ4v) is 7.68. The van der Waals surface area contributed by atoms with E-state index in [1.54, 1.807) is 18.0 Å². The molecule has 4 aliphatic rings. The third-order valence-electron chi connectivity index (χ3n) is 8.25. The van der Waals surface area contributed by atoms with Crippen LogP contribution in [0.15, 0.2) is 35.4 Å². The number of nitrogens with zero attached hydrogens (tertiary/aromatic N) is 3. The topological polar surface area (TPSA) is 112 Å². The highest BCUT2D eigenvalue weighted by molar-refractivity contribution is 7.98. The van der Waals surface area contributed by atoms with E-state index in [1.165, 1.54) is 29.7 Å². The van der Waals surface area contributed by atoms with Crippen LogP contribution < -0.4 is 16.0 Å². The van der Waals surface area contributed by atoms with E-state index < -0.39 is 5.60 Å². The summed E-state index contributed by atoms with van der Waals surface area (Å²) in [6, 6.07) is 10.7. The van der Waals surface area contributed by atoms with Crippen LogP contribution in [0.3, 0.4) is 0 Å². The van der Waals surface area contributed by atoms with Crippen molar-refractivity contribution in [3.63, 3.8) is 0 Å². The monoisotopic (exact) mass is 534 g/mol. The van der Waals surface area contributed by atoms with Gasteiger partial charge in [0.15, 0.2) is 0 Å². The molecule has 1 aromatic carbocycles. The second-order valence-corrected chi connectivity index (χ2v) is 13.1. The standard InChI is InChI=1S/C29H38N6O2S/c1-28(2,3)37-27(36)34-24-20-9-18-10-21(24)13-29(11-18,12-20)17-33-25-22(14-30)16-32-26(35-25)31-15-19-7-5-6-8-23(19)38-4/h5-8,16,18,20-21,24H,9-13,15,17H2,1-4H3,(H,34,36)(H2,31,32,33,35)/t18?,20-,21+,24-,29-. The molecule has 4 aliphatic carbocycles. The number of carbonyl (C=O) groups excluding carboxylic acids is 1. The molecule has 4 bridgehead atoms. The quantitative estimate of drug-likeness (QED) is 0.364. The molecule has 1 amide bonds. The molecular weight excluding hydrogens is 496 g/mol. The van der Waals surface area contributed by atoms with Gasteiger partial charge in [-0.25, -0.2) is 9.78 Å². The summed E-state index contributed by atoms with van der Waals surface area (Å²) >= 11 is 1.71. The molecule has 4 fully saturated rings. The van der Waals surface area contributed by atoms with Gasteiger partial charge in [0, 0.05) is 24.0 Å². The molecule has 4 saturated carbocycles. The number of carbonyl (C=O) groups is 1. The molecule has 0 radical (unpaired) electrons. The molecule has 202 valence electrons. The molecule has 38 heavy (non-hydrogen) atoms. The molecule has 3 N–H and O–H groups in total. The molecule has 1 unspecified atom stereocenters. The number of benzene rings is 1. The summed E-state index contributed by atoms with van der Waals surface area (Å²) in [5.41, 5.74) is 1.30. The van der Waals surface area contributed by atoms with Crippen LogP contribution in [0.5, 0.6) is 0 Å². The highest BCUT2D eigenvalue weighted by Gasteiger charge is 2.55. The summed E-state index contributed by atoms with van der Waals surface area (Å²) in [5.74, 6) is 2.72. The first-order valence-corrected chi connectivity index (χ1v) is 14.8. The smallest absolute Gasteiger partial charge is 0.407 e. The van der Waals surface area contributed by atoms with Gasteiger partial charge in [-0.3, -0.25) is 0 Å². The average molecular weight is 535 g/mol. The Morgan fingerprint density at radius 2 is 1.92 bits per heavy atom. The third kappa shape index (κ3) is 5.85. The highest BCUT2D eigenvalue weighted by atomic mass is 32.2. The molecule has 0 saturated heterocycles. The number of nitriles is 1. The SMILES string of the molecule is CSc1ccccc1CNc1ncc(C#N)c(NC[C@]23CC4C[C@H](C2)[C@@H](NC(=O)OC(C)(C)C)[C@@H](C4)C3)n1. The Balaban J connectivity index is 1.24. The minimum atomic E-state index is -0.497. The number of ether oxygens (including phenoxy) is 1. The predicted molar refractivity (Wildman–Crippen MR) is 150 cm³/mol. The Kier molecular flexibility index (Phi) is 7.45. The van der Waals surface area contributed by atoms with E-state index in [0.29, 0.717) is 41.6 Å². The number of anilines is 2. The second-order valence-electron chi connectivity index (χ2n) is 12.2. The molecule has 2 aromatic rings. The van der Waals surface area contributed by atoms with E-state index in [1.807, 2.05) is 32.9 Å². The van der Waals surface area contributed by atoms with Gasteiger partial charge in [0.25, 0.3) is 0 Å². The lowest BCUT2D eigenvalue weighted by Crippen LogP contribution is -2.60. The van der Waals surface area contributed by atoms with Gasteiger partial charge in [-0.15, -0.1) is 11.8 Å². The summed E-state index contributed by atoms with van der Waals surface area (Å²) < 4.78 is 5.56. The van der Waals surface area contributed by atoms with Crippen LogP contribution in [0.4, 0.5) is 16.6 Å². The van der Waals surface area contributed by atoms with Crippen LogP contribution in [-0.2, 0) is 11.3 Å². The Bertz CT molecular complexity index is 1210. The summed E-state index contributed by atoms with van der Waals surface area (Å²) in [7, 11) is 0. The molecule has 1 aromatic heterocycles. The highest BCUT2D eigenvalue weighted by Crippen LogP contribution is 2.60. The average Bonchev–Trinajstić information content (AvgIpc) is 2.87. The van der Waals surface area contributed by atoms with Crippen molar-refractivity contribution < 1.29 is 9.53 Å². The zero-order valence-corrected chi connectivity index (χ0v) is 23.5. The molecule has 9 heteroatoms. The van der Waals surface area contributed by atoms with E-state index in [2.05, 4.69) is 50.4 Å². The number of alkyl carbamates (subject to hydrolysis) is 1. The van der Waals surface area contributed by atoms with E-state index in [0.717, 1.165) is 19.4 Å². The third-order valence-corrected chi connectivity index (χ3v) is 9.09. The lowest BCUT2D eigenvalue weighted by molar-refractivity contribution is -0.0703. The van der Waals surface area contributed by atoms with E-state index >= 15 is 0 Å². The summed E-state index contributed by atoms with van der Waals surface area (Å²) in [6.07, 6.45) is 9.02. The number of thioether (sulfide) groups is 1. The van der Waals surface area contributed by atoms with Crippen molar-refractivity contribution in [1.29, 1.82) is 5.26 Å². The first kappa shape index (κ1) is 26.6. The van der Waals surface area contributed by atoms with E-state index in [-0.39, 0.29) is 17.6 Å². The van der Waals surface area contributed by atoms with Crippen LogP contribution in [0.1, 0.15) is 64.0 Å². The molecule has 5 atom stereocenters. The molecule has 0 spiro atoms. The van der Waals surface area contributed by atoms with Crippen LogP contribution in [0.25, 0.3) is 0 Å².